The minimum atomic E-state index is -0.0103. The first-order valence-corrected chi connectivity index (χ1v) is 6.53. The van der Waals surface area contributed by atoms with E-state index in [9.17, 15) is 4.79 Å². The molecule has 1 N–H and O–H groups in total. The van der Waals surface area contributed by atoms with Crippen LogP contribution in [-0.2, 0) is 6.54 Å². The van der Waals surface area contributed by atoms with Gasteiger partial charge in [-0.2, -0.15) is 0 Å². The summed E-state index contributed by atoms with van der Waals surface area (Å²) >= 11 is 0. The average Bonchev–Trinajstić information content (AvgIpc) is 2.28. The topological polar surface area (TPSA) is 49.6 Å². The van der Waals surface area contributed by atoms with Crippen molar-refractivity contribution in [2.45, 2.75) is 19.5 Å². The van der Waals surface area contributed by atoms with Crippen molar-refractivity contribution < 1.29 is 0 Å². The molecule has 3 heterocycles. The van der Waals surface area contributed by atoms with Crippen LogP contribution < -0.4 is 10.9 Å². The normalized spacial score (nSPS) is 15.9. The largest absolute Gasteiger partial charge is 0.314 e. The number of fused-ring (bicyclic) bond motifs is 1. The Hall–Kier alpha value is -1.72. The number of nitrogens with one attached hydrogen (secondary N) is 1. The molecule has 100 valence electrons. The van der Waals surface area contributed by atoms with Crippen LogP contribution in [0.2, 0.25) is 0 Å². The summed E-state index contributed by atoms with van der Waals surface area (Å²) in [7, 11) is 2.07. The van der Waals surface area contributed by atoms with Crippen molar-refractivity contribution in [3.8, 4) is 0 Å². The van der Waals surface area contributed by atoms with Crippen LogP contribution in [0.5, 0.6) is 0 Å². The summed E-state index contributed by atoms with van der Waals surface area (Å²) in [4.78, 5) is 18.9. The Bertz CT molecular complexity index is 660. The van der Waals surface area contributed by atoms with Gasteiger partial charge in [-0.05, 0) is 25.6 Å². The predicted molar refractivity (Wildman–Crippen MR) is 74.3 cm³/mol. The molecule has 3 rings (SSSR count). The average molecular weight is 258 g/mol. The lowest BCUT2D eigenvalue weighted by atomic mass is 10.1. The summed E-state index contributed by atoms with van der Waals surface area (Å²) in [5, 5.41) is 3.25. The molecule has 0 spiro atoms. The zero-order valence-corrected chi connectivity index (χ0v) is 11.3. The third-order valence-corrected chi connectivity index (χ3v) is 3.66. The molecule has 0 unspecified atom stereocenters. The highest BCUT2D eigenvalue weighted by Crippen LogP contribution is 2.08. The molecule has 1 saturated heterocycles. The summed E-state index contributed by atoms with van der Waals surface area (Å²) in [6.45, 7) is 4.72. The Balaban J connectivity index is 1.92. The number of hydrogen-bond donors (Lipinski definition) is 1. The van der Waals surface area contributed by atoms with Crippen LogP contribution in [0, 0.1) is 6.92 Å². The highest BCUT2D eigenvalue weighted by molar-refractivity contribution is 5.39. The first-order chi connectivity index (χ1) is 9.13. The lowest BCUT2D eigenvalue weighted by Gasteiger charge is -2.35. The van der Waals surface area contributed by atoms with E-state index in [0.717, 1.165) is 24.3 Å². The predicted octanol–water partition coefficient (Wildman–Crippen LogP) is 0.407. The van der Waals surface area contributed by atoms with Gasteiger partial charge >= 0.3 is 0 Å². The Labute approximate surface area is 111 Å². The number of likely N-dealkylation sites (N-methyl/N-ethyl adjacent to an activating group) is 1. The summed E-state index contributed by atoms with van der Waals surface area (Å²) in [5.41, 5.74) is 2.60. The van der Waals surface area contributed by atoms with E-state index in [2.05, 4.69) is 22.2 Å². The number of aryl methyl sites for hydroxylation is 1. The summed E-state index contributed by atoms with van der Waals surface area (Å²) in [6, 6.07) is 6.06. The van der Waals surface area contributed by atoms with E-state index < -0.39 is 0 Å². The van der Waals surface area contributed by atoms with Crippen LogP contribution in [0.4, 0.5) is 0 Å². The van der Waals surface area contributed by atoms with Crippen LogP contribution in [0.1, 0.15) is 11.3 Å². The molecule has 1 fully saturated rings. The Morgan fingerprint density at radius 1 is 1.47 bits per heavy atom. The lowest BCUT2D eigenvalue weighted by Crippen LogP contribution is -2.55. The van der Waals surface area contributed by atoms with Gasteiger partial charge in [-0.3, -0.25) is 14.1 Å². The van der Waals surface area contributed by atoms with E-state index in [0.29, 0.717) is 18.2 Å². The molecular weight excluding hydrogens is 240 g/mol. The van der Waals surface area contributed by atoms with Crippen molar-refractivity contribution in [3.05, 3.63) is 46.0 Å². The first kappa shape index (κ1) is 12.3. The monoisotopic (exact) mass is 258 g/mol. The Morgan fingerprint density at radius 3 is 2.95 bits per heavy atom. The molecule has 0 atom stereocenters. The minimum Gasteiger partial charge on any atom is -0.314 e. The molecule has 5 heteroatoms. The second-order valence-corrected chi connectivity index (χ2v) is 5.25. The van der Waals surface area contributed by atoms with Crippen LogP contribution in [0.3, 0.4) is 0 Å². The quantitative estimate of drug-likeness (QED) is 0.866. The highest BCUT2D eigenvalue weighted by Gasteiger charge is 2.21. The molecule has 2 aromatic rings. The maximum absolute atomic E-state index is 12.1. The molecular formula is C14H18N4O. The maximum Gasteiger partial charge on any atom is 0.258 e. The molecule has 2 aromatic heterocycles. The molecule has 0 aromatic carbocycles. The second-order valence-electron chi connectivity index (χ2n) is 5.25. The third kappa shape index (κ3) is 2.39. The van der Waals surface area contributed by atoms with Crippen LogP contribution in [0.25, 0.3) is 5.65 Å². The van der Waals surface area contributed by atoms with E-state index >= 15 is 0 Å². The molecule has 0 aliphatic carbocycles. The van der Waals surface area contributed by atoms with Gasteiger partial charge in [-0.1, -0.05) is 6.07 Å². The van der Waals surface area contributed by atoms with Crippen molar-refractivity contribution in [1.29, 1.82) is 0 Å². The van der Waals surface area contributed by atoms with Gasteiger partial charge in [0.15, 0.2) is 0 Å². The maximum atomic E-state index is 12.1. The Kier molecular flexibility index (Phi) is 3.08. The van der Waals surface area contributed by atoms with Crippen molar-refractivity contribution in [3.63, 3.8) is 0 Å². The van der Waals surface area contributed by atoms with Crippen LogP contribution in [0.15, 0.2) is 29.2 Å². The van der Waals surface area contributed by atoms with Gasteiger partial charge in [0.05, 0.1) is 5.69 Å². The summed E-state index contributed by atoms with van der Waals surface area (Å²) in [5.74, 6) is 0. The lowest BCUT2D eigenvalue weighted by molar-refractivity contribution is 0.171. The number of hydrogen-bond acceptors (Lipinski definition) is 4. The zero-order valence-electron chi connectivity index (χ0n) is 11.3. The van der Waals surface area contributed by atoms with E-state index in [1.165, 1.54) is 0 Å². The molecule has 19 heavy (non-hydrogen) atoms. The highest BCUT2D eigenvalue weighted by atomic mass is 16.1. The van der Waals surface area contributed by atoms with Gasteiger partial charge in [0.1, 0.15) is 5.65 Å². The zero-order chi connectivity index (χ0) is 13.4. The van der Waals surface area contributed by atoms with E-state index in [4.69, 9.17) is 0 Å². The number of rotatable bonds is 3. The fraction of sp³-hybridized carbons (Fsp3) is 0.429. The van der Waals surface area contributed by atoms with Crippen molar-refractivity contribution >= 4 is 5.65 Å². The van der Waals surface area contributed by atoms with Crippen molar-refractivity contribution in [2.24, 2.45) is 0 Å². The molecule has 0 radical (unpaired) electrons. The molecule has 0 bridgehead atoms. The molecule has 0 saturated carbocycles. The fourth-order valence-corrected chi connectivity index (χ4v) is 2.31. The van der Waals surface area contributed by atoms with Gasteiger partial charge in [0.2, 0.25) is 0 Å². The standard InChI is InChI=1S/C14H18N4O/c1-10-3-4-13-16-11(5-14(19)18(13)8-10)9-17(2)12-6-15-7-12/h3-5,8,12,15H,6-7,9H2,1-2H3. The number of aromatic nitrogens is 2. The smallest absolute Gasteiger partial charge is 0.258 e. The second kappa shape index (κ2) is 4.75. The van der Waals surface area contributed by atoms with E-state index in [1.54, 1.807) is 10.5 Å². The van der Waals surface area contributed by atoms with Crippen LogP contribution >= 0.6 is 0 Å². The molecule has 5 nitrogen and oxygen atoms in total. The van der Waals surface area contributed by atoms with Gasteiger partial charge in [0.25, 0.3) is 5.56 Å². The van der Waals surface area contributed by atoms with Gasteiger partial charge in [0, 0.05) is 37.9 Å². The van der Waals surface area contributed by atoms with E-state index in [-0.39, 0.29) is 5.56 Å². The number of nitrogens with zero attached hydrogens (tertiary/aromatic N) is 3. The summed E-state index contributed by atoms with van der Waals surface area (Å²) < 4.78 is 1.60. The van der Waals surface area contributed by atoms with Crippen molar-refractivity contribution in [2.75, 3.05) is 20.1 Å². The molecule has 0 amide bonds. The fourth-order valence-electron chi connectivity index (χ4n) is 2.31. The summed E-state index contributed by atoms with van der Waals surface area (Å²) in [6.07, 6.45) is 1.83. The Morgan fingerprint density at radius 2 is 2.26 bits per heavy atom. The molecule has 1 aliphatic rings. The van der Waals surface area contributed by atoms with Crippen molar-refractivity contribution in [1.82, 2.24) is 19.6 Å². The van der Waals surface area contributed by atoms with Gasteiger partial charge < -0.3 is 5.32 Å². The van der Waals surface area contributed by atoms with Gasteiger partial charge in [-0.15, -0.1) is 0 Å². The van der Waals surface area contributed by atoms with Gasteiger partial charge in [-0.25, -0.2) is 4.98 Å². The third-order valence-electron chi connectivity index (χ3n) is 3.66. The SMILES string of the molecule is Cc1ccc2nc(CN(C)C3CNC3)cc(=O)n2c1. The van der Waals surface area contributed by atoms with Crippen LogP contribution in [-0.4, -0.2) is 40.5 Å². The molecule has 1 aliphatic heterocycles. The minimum absolute atomic E-state index is 0.0103. The van der Waals surface area contributed by atoms with E-state index in [1.807, 2.05) is 25.3 Å². The first-order valence-electron chi connectivity index (χ1n) is 6.53. The number of pyridine rings is 1.